The van der Waals surface area contributed by atoms with Gasteiger partial charge in [-0.05, 0) is 30.5 Å². The average molecular weight is 623 g/mol. The minimum Gasteiger partial charge on any atom is -0.481 e. The van der Waals surface area contributed by atoms with E-state index in [1.165, 1.54) is 20.3 Å². The Kier molecular flexibility index (Phi) is 7.64. The van der Waals surface area contributed by atoms with Crippen LogP contribution in [0.2, 0.25) is 10.0 Å². The molecule has 1 unspecified atom stereocenters. The molecule has 2 aliphatic rings. The zero-order chi connectivity index (χ0) is 30.6. The molecule has 2 aromatic heterocycles. The van der Waals surface area contributed by atoms with Gasteiger partial charge in [0.1, 0.15) is 5.56 Å². The second kappa shape index (κ2) is 11.3. The standard InChI is InChI=1S/C31H29Cl2N5O5/c1-36-15-21(30(41)37(2)31(36)42)28(40)34-22-9-5-7-19(27(22)33)18-6-4-8-20(26(18)32)23-12-16-10-11-24(38-13-17(39)14-38)25(16)29(35-23)43-3/h4-9,12,15,17,24,39H,10-11,13-14H2,1-3H3,(H,34,40). The summed E-state index contributed by atoms with van der Waals surface area (Å²) >= 11 is 13.8. The number of anilines is 1. The van der Waals surface area contributed by atoms with E-state index in [-0.39, 0.29) is 28.4 Å². The van der Waals surface area contributed by atoms with Crippen molar-refractivity contribution in [2.45, 2.75) is 25.0 Å². The Morgan fingerprint density at radius 3 is 2.42 bits per heavy atom. The summed E-state index contributed by atoms with van der Waals surface area (Å²) in [5.41, 5.74) is 3.59. The number of likely N-dealkylation sites (tertiary alicyclic amines) is 1. The highest BCUT2D eigenvalue weighted by Gasteiger charge is 2.38. The van der Waals surface area contributed by atoms with Crippen molar-refractivity contribution >= 4 is 34.8 Å². The number of nitrogens with one attached hydrogen (secondary N) is 1. The Labute approximate surface area is 257 Å². The number of fused-ring (bicyclic) bond motifs is 1. The maximum Gasteiger partial charge on any atom is 0.330 e. The lowest BCUT2D eigenvalue weighted by Crippen LogP contribution is -2.51. The minimum atomic E-state index is -0.713. The molecule has 1 atom stereocenters. The van der Waals surface area contributed by atoms with E-state index in [4.69, 9.17) is 32.9 Å². The fourth-order valence-corrected chi connectivity index (χ4v) is 6.51. The molecule has 0 spiro atoms. The summed E-state index contributed by atoms with van der Waals surface area (Å²) in [5.74, 6) is -0.152. The van der Waals surface area contributed by atoms with Crippen LogP contribution in [-0.2, 0) is 20.5 Å². The fourth-order valence-electron chi connectivity index (χ4n) is 5.91. The van der Waals surface area contributed by atoms with E-state index in [1.807, 2.05) is 24.3 Å². The Hall–Kier alpha value is -3.96. The predicted octanol–water partition coefficient (Wildman–Crippen LogP) is 4.04. The van der Waals surface area contributed by atoms with Crippen molar-refractivity contribution in [1.29, 1.82) is 0 Å². The van der Waals surface area contributed by atoms with Gasteiger partial charge in [-0.3, -0.25) is 19.1 Å². The highest BCUT2D eigenvalue weighted by Crippen LogP contribution is 2.46. The van der Waals surface area contributed by atoms with E-state index < -0.39 is 17.2 Å². The number of carbonyl (C=O) groups excluding carboxylic acids is 1. The number of β-amino-alcohol motifs (C(OH)–C–C–N with tert-alkyl or cyclic N) is 1. The highest BCUT2D eigenvalue weighted by molar-refractivity contribution is 6.39. The zero-order valence-electron chi connectivity index (χ0n) is 23.7. The largest absolute Gasteiger partial charge is 0.481 e. The van der Waals surface area contributed by atoms with Gasteiger partial charge in [0.15, 0.2) is 0 Å². The number of nitrogens with zero attached hydrogens (tertiary/aromatic N) is 4. The second-order valence-corrected chi connectivity index (χ2v) is 11.6. The number of aryl methyl sites for hydroxylation is 2. The molecule has 2 N–H and O–H groups in total. The number of pyridine rings is 1. The van der Waals surface area contributed by atoms with Crippen molar-refractivity contribution in [2.75, 3.05) is 25.5 Å². The van der Waals surface area contributed by atoms with Crippen molar-refractivity contribution in [2.24, 2.45) is 14.1 Å². The molecule has 12 heteroatoms. The molecule has 0 saturated carbocycles. The molecule has 43 heavy (non-hydrogen) atoms. The van der Waals surface area contributed by atoms with Crippen molar-refractivity contribution in [1.82, 2.24) is 19.0 Å². The van der Waals surface area contributed by atoms with Gasteiger partial charge in [0.25, 0.3) is 11.5 Å². The summed E-state index contributed by atoms with van der Waals surface area (Å²) in [7, 11) is 4.38. The molecule has 0 radical (unpaired) electrons. The van der Waals surface area contributed by atoms with Gasteiger partial charge in [-0.25, -0.2) is 9.78 Å². The van der Waals surface area contributed by atoms with E-state index in [0.29, 0.717) is 46.4 Å². The first-order valence-corrected chi connectivity index (χ1v) is 14.5. The van der Waals surface area contributed by atoms with Gasteiger partial charge >= 0.3 is 5.69 Å². The number of aliphatic hydroxyl groups excluding tert-OH is 1. The lowest BCUT2D eigenvalue weighted by atomic mass is 9.98. The SMILES string of the molecule is COc1nc(-c2cccc(-c3cccc(NC(=O)c4cn(C)c(=O)n(C)c4=O)c3Cl)c2Cl)cc2c1C(N1CC(O)C1)CC2. The lowest BCUT2D eigenvalue weighted by Gasteiger charge is -2.40. The molecule has 1 aliphatic carbocycles. The van der Waals surface area contributed by atoms with Crippen LogP contribution in [0.4, 0.5) is 5.69 Å². The molecule has 2 aromatic carbocycles. The first kappa shape index (κ1) is 29.1. The molecular formula is C31H29Cl2N5O5. The van der Waals surface area contributed by atoms with E-state index in [0.717, 1.165) is 33.1 Å². The van der Waals surface area contributed by atoms with Crippen LogP contribution >= 0.6 is 23.2 Å². The normalized spacial score (nSPS) is 16.6. The van der Waals surface area contributed by atoms with Gasteiger partial charge < -0.3 is 19.7 Å². The van der Waals surface area contributed by atoms with E-state index in [1.54, 1.807) is 25.3 Å². The Balaban J connectivity index is 1.34. The van der Waals surface area contributed by atoms with Crippen LogP contribution in [0.3, 0.4) is 0 Å². The van der Waals surface area contributed by atoms with E-state index in [9.17, 15) is 19.5 Å². The van der Waals surface area contributed by atoms with Crippen molar-refractivity contribution in [3.05, 3.63) is 96.2 Å². The Morgan fingerprint density at radius 1 is 1.05 bits per heavy atom. The molecular weight excluding hydrogens is 593 g/mol. The van der Waals surface area contributed by atoms with Gasteiger partial charge in [-0.2, -0.15) is 0 Å². The number of methoxy groups -OCH3 is 1. The summed E-state index contributed by atoms with van der Waals surface area (Å²) in [6, 6.07) is 12.9. The number of benzene rings is 2. The average Bonchev–Trinajstić information content (AvgIpc) is 3.40. The van der Waals surface area contributed by atoms with Crippen LogP contribution in [0, 0.1) is 0 Å². The quantitative estimate of drug-likeness (QED) is 0.333. The van der Waals surface area contributed by atoms with Crippen LogP contribution in [-0.4, -0.2) is 56.3 Å². The molecule has 4 aromatic rings. The number of aliphatic hydroxyl groups is 1. The molecule has 1 fully saturated rings. The minimum absolute atomic E-state index is 0.161. The number of amides is 1. The second-order valence-electron chi connectivity index (χ2n) is 10.8. The maximum atomic E-state index is 13.1. The van der Waals surface area contributed by atoms with Crippen LogP contribution < -0.4 is 21.3 Å². The number of carbonyl (C=O) groups is 1. The zero-order valence-corrected chi connectivity index (χ0v) is 25.2. The Morgan fingerprint density at radius 2 is 1.72 bits per heavy atom. The third-order valence-electron chi connectivity index (χ3n) is 8.16. The number of hydrogen-bond acceptors (Lipinski definition) is 7. The third kappa shape index (κ3) is 5.04. The van der Waals surface area contributed by atoms with E-state index >= 15 is 0 Å². The molecule has 1 saturated heterocycles. The summed E-state index contributed by atoms with van der Waals surface area (Å²) < 4.78 is 7.78. The lowest BCUT2D eigenvalue weighted by molar-refractivity contribution is -0.0256. The van der Waals surface area contributed by atoms with Crippen molar-refractivity contribution < 1.29 is 14.6 Å². The van der Waals surface area contributed by atoms with Crippen LogP contribution in [0.25, 0.3) is 22.4 Å². The number of halogens is 2. The van der Waals surface area contributed by atoms with Crippen LogP contribution in [0.15, 0.2) is 58.3 Å². The van der Waals surface area contributed by atoms with E-state index in [2.05, 4.69) is 10.2 Å². The number of hydrogen-bond donors (Lipinski definition) is 2. The van der Waals surface area contributed by atoms with Crippen LogP contribution in [0.5, 0.6) is 5.88 Å². The summed E-state index contributed by atoms with van der Waals surface area (Å²) in [6.45, 7) is 1.29. The predicted molar refractivity (Wildman–Crippen MR) is 165 cm³/mol. The molecule has 1 aliphatic heterocycles. The topological polar surface area (TPSA) is 119 Å². The molecule has 0 bridgehead atoms. The molecule has 10 nitrogen and oxygen atoms in total. The smallest absolute Gasteiger partial charge is 0.330 e. The molecule has 222 valence electrons. The molecule has 1 amide bonds. The third-order valence-corrected chi connectivity index (χ3v) is 8.97. The van der Waals surface area contributed by atoms with Gasteiger partial charge in [0.05, 0.1) is 34.6 Å². The first-order valence-electron chi connectivity index (χ1n) is 13.7. The number of ether oxygens (including phenoxy) is 1. The number of aromatic nitrogens is 3. The summed E-state index contributed by atoms with van der Waals surface area (Å²) in [4.78, 5) is 44.8. The molecule has 3 heterocycles. The van der Waals surface area contributed by atoms with Crippen LogP contribution in [0.1, 0.15) is 33.9 Å². The summed E-state index contributed by atoms with van der Waals surface area (Å²) in [5, 5.41) is 13.2. The maximum absolute atomic E-state index is 13.1. The molecule has 6 rings (SSSR count). The first-order chi connectivity index (χ1) is 20.6. The Bertz CT molecular complexity index is 1900. The van der Waals surface area contributed by atoms with Crippen molar-refractivity contribution in [3.63, 3.8) is 0 Å². The number of rotatable bonds is 6. The van der Waals surface area contributed by atoms with Gasteiger partial charge in [0.2, 0.25) is 5.88 Å². The fraction of sp³-hybridized carbons (Fsp3) is 0.290. The van der Waals surface area contributed by atoms with Gasteiger partial charge in [-0.1, -0.05) is 53.5 Å². The van der Waals surface area contributed by atoms with Crippen molar-refractivity contribution in [3.8, 4) is 28.3 Å². The summed E-state index contributed by atoms with van der Waals surface area (Å²) in [6.07, 6.45) is 2.70. The highest BCUT2D eigenvalue weighted by atomic mass is 35.5. The van der Waals surface area contributed by atoms with Gasteiger partial charge in [-0.15, -0.1) is 0 Å². The monoisotopic (exact) mass is 621 g/mol. The van der Waals surface area contributed by atoms with Gasteiger partial charge in [0, 0.05) is 61.7 Å².